The Morgan fingerprint density at radius 1 is 1.45 bits per heavy atom. The summed E-state index contributed by atoms with van der Waals surface area (Å²) in [6, 6.07) is 0.0167. The van der Waals surface area contributed by atoms with Gasteiger partial charge < -0.3 is 5.32 Å². The van der Waals surface area contributed by atoms with Gasteiger partial charge in [-0.1, -0.05) is 6.42 Å². The number of nitrogens with one attached hydrogen (secondary N) is 1. The predicted molar refractivity (Wildman–Crippen MR) is 69.1 cm³/mol. The topological polar surface area (TPSA) is 42.7 Å². The molecule has 1 aliphatic rings. The number of hydrogen-bond acceptors (Lipinski definition) is 3. The van der Waals surface area contributed by atoms with Gasteiger partial charge in [-0.2, -0.15) is 18.3 Å². The SMILES string of the molecule is CNC(Cc1ncnn1C)C1CCCC(C(F)(F)F)C1. The minimum Gasteiger partial charge on any atom is -0.316 e. The van der Waals surface area contributed by atoms with E-state index in [4.69, 9.17) is 0 Å². The van der Waals surface area contributed by atoms with E-state index in [9.17, 15) is 13.2 Å². The van der Waals surface area contributed by atoms with Gasteiger partial charge in [0.25, 0.3) is 0 Å². The second-order valence-corrected chi connectivity index (χ2v) is 5.56. The van der Waals surface area contributed by atoms with E-state index in [-0.39, 0.29) is 24.8 Å². The molecule has 1 N–H and O–H groups in total. The van der Waals surface area contributed by atoms with E-state index >= 15 is 0 Å². The van der Waals surface area contributed by atoms with Crippen molar-refractivity contribution in [3.8, 4) is 0 Å². The molecule has 1 aromatic rings. The molecule has 1 saturated carbocycles. The monoisotopic (exact) mass is 290 g/mol. The van der Waals surface area contributed by atoms with Crippen molar-refractivity contribution in [2.75, 3.05) is 7.05 Å². The molecule has 0 radical (unpaired) electrons. The lowest BCUT2D eigenvalue weighted by Crippen LogP contribution is -2.41. The van der Waals surface area contributed by atoms with E-state index in [1.807, 2.05) is 0 Å². The maximum Gasteiger partial charge on any atom is 0.391 e. The molecule has 0 aliphatic heterocycles. The van der Waals surface area contributed by atoms with Gasteiger partial charge in [0.15, 0.2) is 0 Å². The quantitative estimate of drug-likeness (QED) is 0.925. The molecular weight excluding hydrogens is 269 g/mol. The van der Waals surface area contributed by atoms with Crippen LogP contribution >= 0.6 is 0 Å². The first-order valence-electron chi connectivity index (χ1n) is 6.98. The molecule has 0 bridgehead atoms. The molecule has 0 aromatic carbocycles. The Morgan fingerprint density at radius 2 is 2.20 bits per heavy atom. The summed E-state index contributed by atoms with van der Waals surface area (Å²) in [5.74, 6) is -0.313. The Bertz CT molecular complexity index is 429. The van der Waals surface area contributed by atoms with Crippen LogP contribution in [0.25, 0.3) is 0 Å². The van der Waals surface area contributed by atoms with Crippen LogP contribution in [0.5, 0.6) is 0 Å². The molecule has 3 atom stereocenters. The summed E-state index contributed by atoms with van der Waals surface area (Å²) in [7, 11) is 3.60. The molecule has 0 spiro atoms. The van der Waals surface area contributed by atoms with Gasteiger partial charge in [0.1, 0.15) is 12.2 Å². The van der Waals surface area contributed by atoms with E-state index < -0.39 is 12.1 Å². The first kappa shape index (κ1) is 15.3. The van der Waals surface area contributed by atoms with E-state index in [2.05, 4.69) is 15.4 Å². The van der Waals surface area contributed by atoms with E-state index in [1.165, 1.54) is 6.33 Å². The maximum absolute atomic E-state index is 12.9. The van der Waals surface area contributed by atoms with Gasteiger partial charge in [0, 0.05) is 19.5 Å². The Labute approximate surface area is 116 Å². The minimum absolute atomic E-state index is 0.0167. The second-order valence-electron chi connectivity index (χ2n) is 5.56. The molecule has 0 saturated heterocycles. The molecule has 20 heavy (non-hydrogen) atoms. The zero-order valence-electron chi connectivity index (χ0n) is 11.8. The summed E-state index contributed by atoms with van der Waals surface area (Å²) in [5, 5.41) is 7.16. The summed E-state index contributed by atoms with van der Waals surface area (Å²) < 4.78 is 40.3. The molecule has 3 unspecified atom stereocenters. The molecule has 4 nitrogen and oxygen atoms in total. The Balaban J connectivity index is 2.02. The third-order valence-corrected chi connectivity index (χ3v) is 4.33. The van der Waals surface area contributed by atoms with Crippen molar-refractivity contribution >= 4 is 0 Å². The molecule has 114 valence electrons. The molecule has 1 aromatic heterocycles. The Kier molecular flexibility index (Phi) is 4.67. The van der Waals surface area contributed by atoms with Gasteiger partial charge in [-0.25, -0.2) is 4.98 Å². The molecule has 2 rings (SSSR count). The lowest BCUT2D eigenvalue weighted by molar-refractivity contribution is -0.186. The van der Waals surface area contributed by atoms with Crippen molar-refractivity contribution in [3.63, 3.8) is 0 Å². The number of hydrogen-bond donors (Lipinski definition) is 1. The van der Waals surface area contributed by atoms with E-state index in [0.717, 1.165) is 12.2 Å². The molecule has 7 heteroatoms. The highest BCUT2D eigenvalue weighted by Crippen LogP contribution is 2.41. The van der Waals surface area contributed by atoms with Gasteiger partial charge in [-0.3, -0.25) is 4.68 Å². The van der Waals surface area contributed by atoms with Crippen LogP contribution in [-0.2, 0) is 13.5 Å². The molecule has 1 aliphatic carbocycles. The van der Waals surface area contributed by atoms with E-state index in [1.54, 1.807) is 18.8 Å². The number of nitrogens with zero attached hydrogens (tertiary/aromatic N) is 3. The van der Waals surface area contributed by atoms with Crippen molar-refractivity contribution in [1.29, 1.82) is 0 Å². The number of rotatable bonds is 4. The summed E-state index contributed by atoms with van der Waals surface area (Å²) in [5.41, 5.74) is 0. The summed E-state index contributed by atoms with van der Waals surface area (Å²) in [6.07, 6.45) is -0.0134. The average molecular weight is 290 g/mol. The van der Waals surface area contributed by atoms with Crippen LogP contribution in [0.3, 0.4) is 0 Å². The highest BCUT2D eigenvalue weighted by Gasteiger charge is 2.43. The molecule has 1 fully saturated rings. The van der Waals surface area contributed by atoms with Crippen LogP contribution in [0.4, 0.5) is 13.2 Å². The first-order valence-corrected chi connectivity index (χ1v) is 6.98. The standard InChI is InChI=1S/C13H21F3N4/c1-17-11(7-12-18-8-19-20(12)2)9-4-3-5-10(6-9)13(14,15)16/h8-11,17H,3-7H2,1-2H3. The van der Waals surface area contributed by atoms with Crippen molar-refractivity contribution in [1.82, 2.24) is 20.1 Å². The fourth-order valence-corrected chi connectivity index (χ4v) is 3.10. The van der Waals surface area contributed by atoms with Crippen molar-refractivity contribution in [3.05, 3.63) is 12.2 Å². The van der Waals surface area contributed by atoms with Gasteiger partial charge >= 0.3 is 6.18 Å². The number of likely N-dealkylation sites (N-methyl/N-ethyl adjacent to an activating group) is 1. The zero-order chi connectivity index (χ0) is 14.8. The normalized spacial score (nSPS) is 25.6. The predicted octanol–water partition coefficient (Wildman–Crippen LogP) is 2.31. The number of alkyl halides is 3. The molecule has 0 amide bonds. The summed E-state index contributed by atoms with van der Waals surface area (Å²) >= 11 is 0. The first-order chi connectivity index (χ1) is 9.41. The van der Waals surface area contributed by atoms with Crippen LogP contribution < -0.4 is 5.32 Å². The Morgan fingerprint density at radius 3 is 2.75 bits per heavy atom. The highest BCUT2D eigenvalue weighted by molar-refractivity contribution is 4.93. The van der Waals surface area contributed by atoms with Gasteiger partial charge in [-0.15, -0.1) is 0 Å². The van der Waals surface area contributed by atoms with Crippen molar-refractivity contribution < 1.29 is 13.2 Å². The van der Waals surface area contributed by atoms with Crippen molar-refractivity contribution in [2.45, 2.75) is 44.3 Å². The minimum atomic E-state index is -4.07. The van der Waals surface area contributed by atoms with Crippen LogP contribution in [0.2, 0.25) is 0 Å². The number of halogens is 3. The van der Waals surface area contributed by atoms with Crippen LogP contribution in [0.1, 0.15) is 31.5 Å². The maximum atomic E-state index is 12.9. The molecular formula is C13H21F3N4. The number of aryl methyl sites for hydroxylation is 1. The summed E-state index contributed by atoms with van der Waals surface area (Å²) in [6.45, 7) is 0. The van der Waals surface area contributed by atoms with Gasteiger partial charge in [0.05, 0.1) is 5.92 Å². The Hall–Kier alpha value is -1.11. The third-order valence-electron chi connectivity index (χ3n) is 4.33. The zero-order valence-corrected chi connectivity index (χ0v) is 11.8. The van der Waals surface area contributed by atoms with Crippen molar-refractivity contribution in [2.24, 2.45) is 18.9 Å². The molecule has 1 heterocycles. The smallest absolute Gasteiger partial charge is 0.316 e. The van der Waals surface area contributed by atoms with Crippen LogP contribution in [-0.4, -0.2) is 34.0 Å². The largest absolute Gasteiger partial charge is 0.391 e. The second kappa shape index (κ2) is 6.11. The fourth-order valence-electron chi connectivity index (χ4n) is 3.10. The summed E-state index contributed by atoms with van der Waals surface area (Å²) in [4.78, 5) is 4.16. The van der Waals surface area contributed by atoms with Gasteiger partial charge in [-0.05, 0) is 32.2 Å². The van der Waals surface area contributed by atoms with Gasteiger partial charge in [0.2, 0.25) is 0 Å². The lowest BCUT2D eigenvalue weighted by Gasteiger charge is -2.35. The third kappa shape index (κ3) is 3.50. The fraction of sp³-hybridized carbons (Fsp3) is 0.846. The van der Waals surface area contributed by atoms with E-state index in [0.29, 0.717) is 12.8 Å². The highest BCUT2D eigenvalue weighted by atomic mass is 19.4. The van der Waals surface area contributed by atoms with Crippen LogP contribution in [0, 0.1) is 11.8 Å². The number of aromatic nitrogens is 3. The van der Waals surface area contributed by atoms with Crippen LogP contribution in [0.15, 0.2) is 6.33 Å². The average Bonchev–Trinajstić information content (AvgIpc) is 2.80. The lowest BCUT2D eigenvalue weighted by atomic mass is 9.76.